The molecule has 2 atom stereocenters. The maximum absolute atomic E-state index is 11.5. The lowest BCUT2D eigenvalue weighted by Gasteiger charge is -2.31. The third kappa shape index (κ3) is 10.1. The van der Waals surface area contributed by atoms with Crippen LogP contribution in [-0.4, -0.2) is 44.7 Å². The third-order valence-electron chi connectivity index (χ3n) is 4.29. The Morgan fingerprint density at radius 2 is 1.62 bits per heavy atom. The molecule has 1 N–H and O–H groups in total. The van der Waals surface area contributed by atoms with Gasteiger partial charge in [0.05, 0.1) is 6.61 Å². The Hall–Kier alpha value is -0.810. The molecule has 1 aliphatic rings. The van der Waals surface area contributed by atoms with E-state index >= 15 is 0 Å². The monoisotopic (exact) mass is 343 g/mol. The molecule has 1 amide bonds. The molecule has 5 heteroatoms. The number of rotatable bonds is 10. The minimum absolute atomic E-state index is 0.383. The van der Waals surface area contributed by atoms with Crippen LogP contribution in [0, 0.1) is 11.8 Å². The SMILES string of the molecule is CCCCOCC1CCCCC1COCCNC(=O)OC(C)(C)C. The number of alkyl carbamates (subject to hydrolysis) is 1. The van der Waals surface area contributed by atoms with Crippen LogP contribution in [-0.2, 0) is 14.2 Å². The van der Waals surface area contributed by atoms with E-state index in [0.717, 1.165) is 26.2 Å². The molecule has 1 aliphatic carbocycles. The predicted molar refractivity (Wildman–Crippen MR) is 96.2 cm³/mol. The van der Waals surface area contributed by atoms with E-state index in [1.165, 1.54) is 32.1 Å². The van der Waals surface area contributed by atoms with E-state index in [4.69, 9.17) is 14.2 Å². The van der Waals surface area contributed by atoms with E-state index in [1.807, 2.05) is 20.8 Å². The number of ether oxygens (including phenoxy) is 3. The lowest BCUT2D eigenvalue weighted by molar-refractivity contribution is 0.0129. The first-order valence-electron chi connectivity index (χ1n) is 9.54. The molecule has 0 bridgehead atoms. The van der Waals surface area contributed by atoms with E-state index in [9.17, 15) is 4.79 Å². The van der Waals surface area contributed by atoms with Gasteiger partial charge in [0, 0.05) is 26.4 Å². The predicted octanol–water partition coefficient (Wildman–Crippen LogP) is 4.15. The van der Waals surface area contributed by atoms with E-state index in [0.29, 0.717) is 25.0 Å². The van der Waals surface area contributed by atoms with Crippen molar-refractivity contribution in [2.24, 2.45) is 11.8 Å². The highest BCUT2D eigenvalue weighted by atomic mass is 16.6. The quantitative estimate of drug-likeness (QED) is 0.605. The smallest absolute Gasteiger partial charge is 0.407 e. The molecule has 0 saturated heterocycles. The standard InChI is InChI=1S/C19H37NO4/c1-5-6-12-22-14-16-9-7-8-10-17(16)15-23-13-11-20-18(21)24-19(2,3)4/h16-17H,5-15H2,1-4H3,(H,20,21). The minimum atomic E-state index is -0.460. The molecule has 0 radical (unpaired) electrons. The van der Waals surface area contributed by atoms with Gasteiger partial charge in [-0.15, -0.1) is 0 Å². The number of carbonyl (C=O) groups excluding carboxylic acids is 1. The summed E-state index contributed by atoms with van der Waals surface area (Å²) < 4.78 is 16.8. The fraction of sp³-hybridized carbons (Fsp3) is 0.947. The summed E-state index contributed by atoms with van der Waals surface area (Å²) in [5.41, 5.74) is -0.460. The van der Waals surface area contributed by atoms with Crippen molar-refractivity contribution in [3.8, 4) is 0 Å². The van der Waals surface area contributed by atoms with Gasteiger partial charge < -0.3 is 19.5 Å². The summed E-state index contributed by atoms with van der Waals surface area (Å²) in [4.78, 5) is 11.5. The lowest BCUT2D eigenvalue weighted by Crippen LogP contribution is -2.35. The zero-order valence-electron chi connectivity index (χ0n) is 16.1. The number of nitrogens with one attached hydrogen (secondary N) is 1. The number of hydrogen-bond donors (Lipinski definition) is 1. The van der Waals surface area contributed by atoms with Gasteiger partial charge in [0.1, 0.15) is 5.60 Å². The van der Waals surface area contributed by atoms with Crippen molar-refractivity contribution in [1.29, 1.82) is 0 Å². The average molecular weight is 344 g/mol. The summed E-state index contributed by atoms with van der Waals surface area (Å²) in [6, 6.07) is 0. The average Bonchev–Trinajstić information content (AvgIpc) is 2.50. The minimum Gasteiger partial charge on any atom is -0.444 e. The molecule has 5 nitrogen and oxygen atoms in total. The third-order valence-corrected chi connectivity index (χ3v) is 4.29. The normalized spacial score (nSPS) is 21.5. The second-order valence-electron chi connectivity index (χ2n) is 7.74. The van der Waals surface area contributed by atoms with Gasteiger partial charge in [-0.1, -0.05) is 26.2 Å². The van der Waals surface area contributed by atoms with Crippen molar-refractivity contribution >= 4 is 6.09 Å². The van der Waals surface area contributed by atoms with Crippen LogP contribution >= 0.6 is 0 Å². The van der Waals surface area contributed by atoms with Crippen molar-refractivity contribution in [1.82, 2.24) is 5.32 Å². The van der Waals surface area contributed by atoms with Crippen molar-refractivity contribution in [3.63, 3.8) is 0 Å². The zero-order chi connectivity index (χ0) is 17.8. The van der Waals surface area contributed by atoms with Crippen molar-refractivity contribution in [2.45, 2.75) is 71.8 Å². The number of carbonyl (C=O) groups is 1. The second-order valence-corrected chi connectivity index (χ2v) is 7.74. The van der Waals surface area contributed by atoms with Crippen LogP contribution in [0.25, 0.3) is 0 Å². The van der Waals surface area contributed by atoms with Crippen LogP contribution in [0.5, 0.6) is 0 Å². The number of unbranched alkanes of at least 4 members (excludes halogenated alkanes) is 1. The number of hydrogen-bond acceptors (Lipinski definition) is 4. The van der Waals surface area contributed by atoms with E-state index in [2.05, 4.69) is 12.2 Å². The summed E-state index contributed by atoms with van der Waals surface area (Å²) >= 11 is 0. The van der Waals surface area contributed by atoms with Crippen LogP contribution < -0.4 is 5.32 Å². The summed E-state index contributed by atoms with van der Waals surface area (Å²) in [6.07, 6.45) is 7.00. The van der Waals surface area contributed by atoms with Crippen LogP contribution in [0.1, 0.15) is 66.2 Å². The van der Waals surface area contributed by atoms with Gasteiger partial charge in [-0.3, -0.25) is 0 Å². The molecule has 0 aliphatic heterocycles. The Bertz CT molecular complexity index is 341. The summed E-state index contributed by atoms with van der Waals surface area (Å²) in [5, 5.41) is 2.73. The molecule has 1 saturated carbocycles. The molecule has 0 aromatic carbocycles. The van der Waals surface area contributed by atoms with Gasteiger partial charge in [-0.2, -0.15) is 0 Å². The molecule has 0 spiro atoms. The van der Waals surface area contributed by atoms with Crippen molar-refractivity contribution < 1.29 is 19.0 Å². The molecule has 24 heavy (non-hydrogen) atoms. The van der Waals surface area contributed by atoms with Gasteiger partial charge in [-0.05, 0) is 51.9 Å². The molecular formula is C19H37NO4. The molecule has 0 heterocycles. The Kier molecular flexibility index (Phi) is 10.3. The summed E-state index contributed by atoms with van der Waals surface area (Å²) in [6.45, 7) is 11.3. The number of amides is 1. The maximum atomic E-state index is 11.5. The Morgan fingerprint density at radius 1 is 1.04 bits per heavy atom. The lowest BCUT2D eigenvalue weighted by atomic mass is 9.80. The Morgan fingerprint density at radius 3 is 2.17 bits per heavy atom. The van der Waals surface area contributed by atoms with Crippen molar-refractivity contribution in [2.75, 3.05) is 33.0 Å². The molecule has 1 fully saturated rings. The highest BCUT2D eigenvalue weighted by Gasteiger charge is 2.25. The second kappa shape index (κ2) is 11.7. The van der Waals surface area contributed by atoms with Crippen LogP contribution in [0.4, 0.5) is 4.79 Å². The summed E-state index contributed by atoms with van der Waals surface area (Å²) in [5.74, 6) is 1.20. The topological polar surface area (TPSA) is 56.8 Å². The first-order chi connectivity index (χ1) is 11.4. The van der Waals surface area contributed by atoms with E-state index in [1.54, 1.807) is 0 Å². The van der Waals surface area contributed by atoms with E-state index in [-0.39, 0.29) is 6.09 Å². The molecule has 0 aromatic rings. The first-order valence-corrected chi connectivity index (χ1v) is 9.54. The highest BCUT2D eigenvalue weighted by Crippen LogP contribution is 2.30. The largest absolute Gasteiger partial charge is 0.444 e. The van der Waals surface area contributed by atoms with E-state index < -0.39 is 5.60 Å². The molecule has 2 unspecified atom stereocenters. The fourth-order valence-electron chi connectivity index (χ4n) is 2.98. The summed E-state index contributed by atoms with van der Waals surface area (Å²) in [7, 11) is 0. The van der Waals surface area contributed by atoms with Gasteiger partial charge >= 0.3 is 6.09 Å². The maximum Gasteiger partial charge on any atom is 0.407 e. The van der Waals surface area contributed by atoms with Gasteiger partial charge in [0.15, 0.2) is 0 Å². The van der Waals surface area contributed by atoms with Crippen LogP contribution in [0.3, 0.4) is 0 Å². The fourth-order valence-corrected chi connectivity index (χ4v) is 2.98. The molecule has 0 aromatic heterocycles. The van der Waals surface area contributed by atoms with Crippen molar-refractivity contribution in [3.05, 3.63) is 0 Å². The Labute approximate surface area is 147 Å². The molecule has 1 rings (SSSR count). The van der Waals surface area contributed by atoms with Gasteiger partial charge in [-0.25, -0.2) is 4.79 Å². The van der Waals surface area contributed by atoms with Gasteiger partial charge in [0.25, 0.3) is 0 Å². The Balaban J connectivity index is 2.13. The van der Waals surface area contributed by atoms with Gasteiger partial charge in [0.2, 0.25) is 0 Å². The van der Waals surface area contributed by atoms with Crippen LogP contribution in [0.2, 0.25) is 0 Å². The highest BCUT2D eigenvalue weighted by molar-refractivity contribution is 5.67. The first kappa shape index (κ1) is 21.2. The molecule has 142 valence electrons. The van der Waals surface area contributed by atoms with Crippen LogP contribution in [0.15, 0.2) is 0 Å². The molecular weight excluding hydrogens is 306 g/mol. The zero-order valence-corrected chi connectivity index (χ0v) is 16.1.